The molecule has 0 spiro atoms. The highest BCUT2D eigenvalue weighted by Crippen LogP contribution is 2.30. The Kier molecular flexibility index (Phi) is 7.90. The first-order valence-corrected chi connectivity index (χ1v) is 14.0. The number of nitrogens with one attached hydrogen (secondary N) is 3. The SMILES string of the molecule is CNS(=O)(=O)c1ccc(C(C)=NNc2nc(Nc3ccccc3)ncc2-c2cncc(-c3ccccc3)c2)cc1. The monoisotopic (exact) mass is 549 g/mol. The van der Waals surface area contributed by atoms with Gasteiger partial charge >= 0.3 is 0 Å². The van der Waals surface area contributed by atoms with E-state index < -0.39 is 10.0 Å². The number of sulfonamides is 1. The molecule has 9 nitrogen and oxygen atoms in total. The van der Waals surface area contributed by atoms with Gasteiger partial charge in [-0.15, -0.1) is 0 Å². The minimum absolute atomic E-state index is 0.181. The van der Waals surface area contributed by atoms with Crippen LogP contribution in [0.3, 0.4) is 0 Å². The molecule has 5 rings (SSSR count). The van der Waals surface area contributed by atoms with Crippen LogP contribution in [0, 0.1) is 0 Å². The number of hydrogen-bond donors (Lipinski definition) is 3. The highest BCUT2D eigenvalue weighted by atomic mass is 32.2. The van der Waals surface area contributed by atoms with Crippen molar-refractivity contribution < 1.29 is 8.42 Å². The normalized spacial score (nSPS) is 11.7. The van der Waals surface area contributed by atoms with Crippen LogP contribution in [0.5, 0.6) is 0 Å². The molecule has 0 atom stereocenters. The predicted molar refractivity (Wildman–Crippen MR) is 159 cm³/mol. The Morgan fingerprint density at radius 1 is 0.800 bits per heavy atom. The second kappa shape index (κ2) is 11.9. The average Bonchev–Trinajstić information content (AvgIpc) is 3.01. The summed E-state index contributed by atoms with van der Waals surface area (Å²) in [7, 11) is -2.14. The fourth-order valence-corrected chi connectivity index (χ4v) is 4.69. The summed E-state index contributed by atoms with van der Waals surface area (Å²) in [6.07, 6.45) is 5.31. The maximum atomic E-state index is 12.1. The number of aromatic nitrogens is 3. The highest BCUT2D eigenvalue weighted by molar-refractivity contribution is 7.89. The van der Waals surface area contributed by atoms with E-state index >= 15 is 0 Å². The smallest absolute Gasteiger partial charge is 0.240 e. The summed E-state index contributed by atoms with van der Waals surface area (Å²) < 4.78 is 26.4. The fourth-order valence-electron chi connectivity index (χ4n) is 3.96. The Hall–Kier alpha value is -4.93. The van der Waals surface area contributed by atoms with Gasteiger partial charge in [0.25, 0.3) is 0 Å². The maximum absolute atomic E-state index is 12.1. The van der Waals surface area contributed by atoms with E-state index in [9.17, 15) is 8.42 Å². The molecule has 2 aromatic heterocycles. The first-order valence-electron chi connectivity index (χ1n) is 12.5. The van der Waals surface area contributed by atoms with E-state index in [0.717, 1.165) is 33.5 Å². The molecule has 0 aliphatic rings. The third-order valence-corrected chi connectivity index (χ3v) is 7.59. The van der Waals surface area contributed by atoms with Gasteiger partial charge in [0.1, 0.15) is 0 Å². The molecule has 3 aromatic carbocycles. The van der Waals surface area contributed by atoms with Crippen LogP contribution in [-0.4, -0.2) is 36.1 Å². The predicted octanol–water partition coefficient (Wildman–Crippen LogP) is 5.69. The molecule has 0 radical (unpaired) electrons. The van der Waals surface area contributed by atoms with Gasteiger partial charge in [0.2, 0.25) is 16.0 Å². The van der Waals surface area contributed by atoms with Crippen LogP contribution in [0.15, 0.2) is 120 Å². The van der Waals surface area contributed by atoms with Gasteiger partial charge in [0, 0.05) is 41.0 Å². The lowest BCUT2D eigenvalue weighted by Crippen LogP contribution is -2.18. The van der Waals surface area contributed by atoms with E-state index in [-0.39, 0.29) is 4.90 Å². The number of hydrogen-bond acceptors (Lipinski definition) is 8. The quantitative estimate of drug-likeness (QED) is 0.159. The van der Waals surface area contributed by atoms with Gasteiger partial charge in [-0.3, -0.25) is 10.4 Å². The van der Waals surface area contributed by atoms with Crippen molar-refractivity contribution in [1.29, 1.82) is 0 Å². The number of rotatable bonds is 9. The summed E-state index contributed by atoms with van der Waals surface area (Å²) in [6.45, 7) is 1.83. The molecule has 5 aromatic rings. The molecule has 0 aliphatic carbocycles. The van der Waals surface area contributed by atoms with Crippen LogP contribution in [0.25, 0.3) is 22.3 Å². The Balaban J connectivity index is 1.49. The van der Waals surface area contributed by atoms with Crippen LogP contribution in [0.1, 0.15) is 12.5 Å². The zero-order valence-electron chi connectivity index (χ0n) is 21.9. The maximum Gasteiger partial charge on any atom is 0.240 e. The van der Waals surface area contributed by atoms with Crippen LogP contribution in [0.4, 0.5) is 17.5 Å². The number of para-hydroxylation sites is 1. The van der Waals surface area contributed by atoms with Crippen LogP contribution < -0.4 is 15.5 Å². The summed E-state index contributed by atoms with van der Waals surface area (Å²) in [5, 5.41) is 7.77. The molecule has 0 saturated carbocycles. The van der Waals surface area contributed by atoms with E-state index in [1.165, 1.54) is 7.05 Å². The Labute approximate surface area is 233 Å². The largest absolute Gasteiger partial charge is 0.324 e. The van der Waals surface area contributed by atoms with E-state index in [1.54, 1.807) is 36.7 Å². The molecule has 0 saturated heterocycles. The van der Waals surface area contributed by atoms with E-state index in [4.69, 9.17) is 4.98 Å². The molecule has 0 aliphatic heterocycles. The molecule has 2 heterocycles. The van der Waals surface area contributed by atoms with Crippen LogP contribution >= 0.6 is 0 Å². The van der Waals surface area contributed by atoms with Crippen LogP contribution in [0.2, 0.25) is 0 Å². The summed E-state index contributed by atoms with van der Waals surface area (Å²) in [6, 6.07) is 28.2. The van der Waals surface area contributed by atoms with E-state index in [0.29, 0.717) is 17.5 Å². The molecule has 0 unspecified atom stereocenters. The summed E-state index contributed by atoms with van der Waals surface area (Å²) in [5.74, 6) is 0.883. The second-order valence-corrected chi connectivity index (χ2v) is 10.7. The average molecular weight is 550 g/mol. The van der Waals surface area contributed by atoms with Gasteiger partial charge < -0.3 is 5.32 Å². The van der Waals surface area contributed by atoms with E-state index in [2.05, 4.69) is 30.5 Å². The molecule has 0 bridgehead atoms. The van der Waals surface area contributed by atoms with Crippen molar-refractivity contribution >= 4 is 33.2 Å². The first-order chi connectivity index (χ1) is 19.4. The third-order valence-electron chi connectivity index (χ3n) is 6.16. The summed E-state index contributed by atoms with van der Waals surface area (Å²) in [4.78, 5) is 13.9. The summed E-state index contributed by atoms with van der Waals surface area (Å²) >= 11 is 0. The van der Waals surface area contributed by atoms with Crippen molar-refractivity contribution in [3.8, 4) is 22.3 Å². The topological polar surface area (TPSA) is 121 Å². The highest BCUT2D eigenvalue weighted by Gasteiger charge is 2.13. The number of pyridine rings is 1. The standard InChI is InChI=1S/C30H27N7O2S/c1-21(22-13-15-27(16-14-22)40(38,39)31-2)36-37-29-28(20-33-30(35-29)34-26-11-7-4-8-12-26)25-17-24(18-32-19-25)23-9-5-3-6-10-23/h3-20,31H,1-2H3,(H2,33,34,35,37). The van der Waals surface area contributed by atoms with Gasteiger partial charge in [-0.05, 0) is 55.4 Å². The lowest BCUT2D eigenvalue weighted by molar-refractivity contribution is 0.588. The van der Waals surface area contributed by atoms with Crippen molar-refractivity contribution in [3.05, 3.63) is 115 Å². The van der Waals surface area contributed by atoms with Crippen molar-refractivity contribution in [2.75, 3.05) is 17.8 Å². The molecular weight excluding hydrogens is 522 g/mol. The first kappa shape index (κ1) is 26.7. The number of nitrogens with zero attached hydrogens (tertiary/aromatic N) is 4. The zero-order chi connectivity index (χ0) is 28.0. The molecule has 200 valence electrons. The zero-order valence-corrected chi connectivity index (χ0v) is 22.7. The Bertz CT molecular complexity index is 1740. The fraction of sp³-hybridized carbons (Fsp3) is 0.0667. The number of hydrazone groups is 1. The van der Waals surface area contributed by atoms with Gasteiger partial charge in [-0.1, -0.05) is 60.7 Å². The van der Waals surface area contributed by atoms with Crippen molar-refractivity contribution in [1.82, 2.24) is 19.7 Å². The van der Waals surface area contributed by atoms with Gasteiger partial charge in [0.05, 0.1) is 10.6 Å². The Morgan fingerprint density at radius 2 is 1.48 bits per heavy atom. The van der Waals surface area contributed by atoms with Crippen molar-refractivity contribution in [3.63, 3.8) is 0 Å². The molecule has 40 heavy (non-hydrogen) atoms. The second-order valence-electron chi connectivity index (χ2n) is 8.82. The minimum atomic E-state index is -3.52. The minimum Gasteiger partial charge on any atom is -0.324 e. The lowest BCUT2D eigenvalue weighted by atomic mass is 10.0. The molecule has 3 N–H and O–H groups in total. The number of benzene rings is 3. The third kappa shape index (κ3) is 6.20. The van der Waals surface area contributed by atoms with Gasteiger partial charge in [0.15, 0.2) is 5.82 Å². The van der Waals surface area contributed by atoms with E-state index in [1.807, 2.05) is 79.9 Å². The van der Waals surface area contributed by atoms with Crippen LogP contribution in [-0.2, 0) is 10.0 Å². The van der Waals surface area contributed by atoms with Crippen molar-refractivity contribution in [2.24, 2.45) is 5.10 Å². The summed E-state index contributed by atoms with van der Waals surface area (Å²) in [5.41, 5.74) is 8.90. The Morgan fingerprint density at radius 3 is 2.17 bits per heavy atom. The van der Waals surface area contributed by atoms with Crippen molar-refractivity contribution in [2.45, 2.75) is 11.8 Å². The lowest BCUT2D eigenvalue weighted by Gasteiger charge is -2.12. The van der Waals surface area contributed by atoms with Gasteiger partial charge in [-0.2, -0.15) is 10.1 Å². The van der Waals surface area contributed by atoms with Gasteiger partial charge in [-0.25, -0.2) is 18.1 Å². The molecule has 10 heteroatoms. The molecular formula is C30H27N7O2S. The molecule has 0 amide bonds. The number of anilines is 3. The molecule has 0 fully saturated rings.